The average Bonchev–Trinajstić information content (AvgIpc) is 3.64. The van der Waals surface area contributed by atoms with E-state index >= 15 is 0 Å². The first kappa shape index (κ1) is 24.2. The number of rotatable bonds is 9. The van der Waals surface area contributed by atoms with Gasteiger partial charge >= 0.3 is 5.69 Å². The number of pyridine rings is 1. The summed E-state index contributed by atoms with van der Waals surface area (Å²) in [6.45, 7) is 7.27. The highest BCUT2D eigenvalue weighted by molar-refractivity contribution is 5.78. The summed E-state index contributed by atoms with van der Waals surface area (Å²) >= 11 is 0. The Kier molecular flexibility index (Phi) is 7.11. The molecule has 3 aromatic heterocycles. The lowest BCUT2D eigenvalue weighted by Gasteiger charge is -2.22. The predicted molar refractivity (Wildman–Crippen MR) is 140 cm³/mol. The summed E-state index contributed by atoms with van der Waals surface area (Å²) in [5.41, 5.74) is 4.91. The van der Waals surface area contributed by atoms with Gasteiger partial charge in [-0.3, -0.25) is 14.1 Å². The molecule has 1 aliphatic rings. The van der Waals surface area contributed by atoms with E-state index in [1.165, 1.54) is 12.8 Å². The molecular weight excluding hydrogens is 450 g/mol. The van der Waals surface area contributed by atoms with Crippen molar-refractivity contribution in [2.45, 2.75) is 71.9 Å². The summed E-state index contributed by atoms with van der Waals surface area (Å²) in [4.78, 5) is 18.4. The number of aryl methyl sites for hydroxylation is 1. The van der Waals surface area contributed by atoms with E-state index in [1.54, 1.807) is 0 Å². The van der Waals surface area contributed by atoms with Crippen molar-refractivity contribution >= 4 is 0 Å². The van der Waals surface area contributed by atoms with Gasteiger partial charge in [0.25, 0.3) is 0 Å². The molecule has 0 spiro atoms. The summed E-state index contributed by atoms with van der Waals surface area (Å²) in [5.74, 6) is 1.65. The molecule has 0 bridgehead atoms. The Hall–Kier alpha value is -3.55. The highest BCUT2D eigenvalue weighted by atomic mass is 16.1. The standard InChI is InChI=1S/C28H35N7O/c1-4-6-9-22-18-35(26-19(3)12-14-21(26)5-2)28(36)34(22)17-20-13-15-25(29-16-20)23-10-7-8-11-24(23)27-30-32-33-31-27/h7-8,10-11,13,15-16,18-19,21,26H,4-6,9,12,14,17H2,1-3H3,(H,30,31,32,33). The maximum atomic E-state index is 13.7. The second kappa shape index (κ2) is 10.6. The first-order valence-electron chi connectivity index (χ1n) is 13.2. The van der Waals surface area contributed by atoms with Crippen molar-refractivity contribution in [1.29, 1.82) is 0 Å². The van der Waals surface area contributed by atoms with E-state index in [1.807, 2.05) is 41.1 Å². The second-order valence-corrected chi connectivity index (χ2v) is 10.0. The summed E-state index contributed by atoms with van der Waals surface area (Å²) in [6, 6.07) is 12.3. The molecule has 4 aromatic rings. The van der Waals surface area contributed by atoms with Gasteiger partial charge in [0.15, 0.2) is 0 Å². The van der Waals surface area contributed by atoms with E-state index in [0.29, 0.717) is 30.2 Å². The zero-order valence-corrected chi connectivity index (χ0v) is 21.4. The van der Waals surface area contributed by atoms with Crippen LogP contribution in [0.5, 0.6) is 0 Å². The van der Waals surface area contributed by atoms with Crippen LogP contribution in [0, 0.1) is 11.8 Å². The van der Waals surface area contributed by atoms with Gasteiger partial charge in [-0.15, -0.1) is 10.2 Å². The lowest BCUT2D eigenvalue weighted by molar-refractivity contribution is 0.307. The van der Waals surface area contributed by atoms with Gasteiger partial charge < -0.3 is 0 Å². The molecule has 3 heterocycles. The largest absolute Gasteiger partial charge is 0.328 e. The van der Waals surface area contributed by atoms with Crippen LogP contribution in [0.25, 0.3) is 22.6 Å². The van der Waals surface area contributed by atoms with Crippen LogP contribution in [0.4, 0.5) is 0 Å². The SMILES string of the molecule is CCCCc1cn(C2C(C)CCC2CC)c(=O)n1Cc1ccc(-c2ccccc2-c2nn[nH]n2)nc1. The number of aromatic amines is 1. The normalized spacial score (nSPS) is 19.7. The molecule has 0 radical (unpaired) electrons. The third-order valence-electron chi connectivity index (χ3n) is 7.73. The van der Waals surface area contributed by atoms with Gasteiger partial charge in [0, 0.05) is 35.3 Å². The number of tetrazole rings is 1. The van der Waals surface area contributed by atoms with Crippen LogP contribution >= 0.6 is 0 Å². The molecule has 0 aliphatic heterocycles. The minimum Gasteiger partial charge on any atom is -0.295 e. The van der Waals surface area contributed by atoms with Crippen LogP contribution in [0.2, 0.25) is 0 Å². The molecule has 36 heavy (non-hydrogen) atoms. The molecule has 8 nitrogen and oxygen atoms in total. The summed E-state index contributed by atoms with van der Waals surface area (Å²) < 4.78 is 4.02. The van der Waals surface area contributed by atoms with Gasteiger partial charge in [-0.25, -0.2) is 4.79 Å². The fourth-order valence-corrected chi connectivity index (χ4v) is 5.76. The molecule has 1 aromatic carbocycles. The fourth-order valence-electron chi connectivity index (χ4n) is 5.76. The summed E-state index contributed by atoms with van der Waals surface area (Å²) in [6.07, 6.45) is 10.6. The minimum absolute atomic E-state index is 0.116. The predicted octanol–water partition coefficient (Wildman–Crippen LogP) is 5.28. The van der Waals surface area contributed by atoms with Crippen LogP contribution in [0.3, 0.4) is 0 Å². The van der Waals surface area contributed by atoms with E-state index in [4.69, 9.17) is 4.98 Å². The smallest absolute Gasteiger partial charge is 0.295 e. The maximum absolute atomic E-state index is 13.7. The molecule has 1 saturated carbocycles. The number of unbranched alkanes of at least 4 members (excludes halogenated alkanes) is 1. The monoisotopic (exact) mass is 485 g/mol. The number of hydrogen-bond acceptors (Lipinski definition) is 5. The zero-order valence-electron chi connectivity index (χ0n) is 21.4. The molecule has 3 atom stereocenters. The van der Waals surface area contributed by atoms with Crippen molar-refractivity contribution in [3.63, 3.8) is 0 Å². The van der Waals surface area contributed by atoms with E-state index in [2.05, 4.69) is 58.2 Å². The van der Waals surface area contributed by atoms with E-state index in [9.17, 15) is 4.79 Å². The van der Waals surface area contributed by atoms with Crippen LogP contribution < -0.4 is 5.69 Å². The third-order valence-corrected chi connectivity index (χ3v) is 7.73. The quantitative estimate of drug-likeness (QED) is 0.348. The van der Waals surface area contributed by atoms with E-state index in [-0.39, 0.29) is 5.69 Å². The van der Waals surface area contributed by atoms with Crippen molar-refractivity contribution in [3.8, 4) is 22.6 Å². The van der Waals surface area contributed by atoms with Crippen LogP contribution in [-0.2, 0) is 13.0 Å². The van der Waals surface area contributed by atoms with Gasteiger partial charge in [0.1, 0.15) is 0 Å². The Morgan fingerprint density at radius 3 is 2.61 bits per heavy atom. The highest BCUT2D eigenvalue weighted by Crippen LogP contribution is 2.41. The molecule has 1 aliphatic carbocycles. The molecule has 1 N–H and O–H groups in total. The molecule has 188 valence electrons. The number of H-pyrrole nitrogens is 1. The van der Waals surface area contributed by atoms with Crippen LogP contribution in [0.1, 0.15) is 70.2 Å². The van der Waals surface area contributed by atoms with Gasteiger partial charge in [-0.1, -0.05) is 63.9 Å². The molecular formula is C28H35N7O. The first-order chi connectivity index (χ1) is 17.6. The Balaban J connectivity index is 1.45. The molecule has 0 amide bonds. The number of hydrogen-bond donors (Lipinski definition) is 1. The van der Waals surface area contributed by atoms with Crippen LogP contribution in [0.15, 0.2) is 53.6 Å². The summed E-state index contributed by atoms with van der Waals surface area (Å²) in [5, 5.41) is 14.5. The Morgan fingerprint density at radius 2 is 1.92 bits per heavy atom. The van der Waals surface area contributed by atoms with Crippen molar-refractivity contribution < 1.29 is 0 Å². The van der Waals surface area contributed by atoms with Crippen molar-refractivity contribution in [2.75, 3.05) is 0 Å². The van der Waals surface area contributed by atoms with Crippen LogP contribution in [-0.4, -0.2) is 34.7 Å². The van der Waals surface area contributed by atoms with Crippen molar-refractivity contribution in [1.82, 2.24) is 34.7 Å². The van der Waals surface area contributed by atoms with Crippen molar-refractivity contribution in [2.24, 2.45) is 11.8 Å². The Bertz CT molecular complexity index is 1340. The van der Waals surface area contributed by atoms with Gasteiger partial charge in [0.05, 0.1) is 12.2 Å². The molecule has 0 saturated heterocycles. The number of nitrogens with zero attached hydrogens (tertiary/aromatic N) is 6. The molecule has 8 heteroatoms. The Labute approximate surface area is 211 Å². The fraction of sp³-hybridized carbons (Fsp3) is 0.464. The molecule has 3 unspecified atom stereocenters. The van der Waals surface area contributed by atoms with Gasteiger partial charge in [-0.2, -0.15) is 5.21 Å². The maximum Gasteiger partial charge on any atom is 0.328 e. The molecule has 1 fully saturated rings. The van der Waals surface area contributed by atoms with Gasteiger partial charge in [0.2, 0.25) is 5.82 Å². The highest BCUT2D eigenvalue weighted by Gasteiger charge is 2.35. The van der Waals surface area contributed by atoms with Crippen molar-refractivity contribution in [3.05, 3.63) is 70.5 Å². The second-order valence-electron chi connectivity index (χ2n) is 10.0. The average molecular weight is 486 g/mol. The number of benzene rings is 1. The minimum atomic E-state index is 0.116. The van der Waals surface area contributed by atoms with E-state index < -0.39 is 0 Å². The lowest BCUT2D eigenvalue weighted by Crippen LogP contribution is -2.31. The third kappa shape index (κ3) is 4.64. The van der Waals surface area contributed by atoms with E-state index in [0.717, 1.165) is 53.8 Å². The zero-order chi connectivity index (χ0) is 25.1. The number of nitrogens with one attached hydrogen (secondary N) is 1. The lowest BCUT2D eigenvalue weighted by atomic mass is 9.96. The topological polar surface area (TPSA) is 94.3 Å². The summed E-state index contributed by atoms with van der Waals surface area (Å²) in [7, 11) is 0. The first-order valence-corrected chi connectivity index (χ1v) is 13.2. The molecule has 5 rings (SSSR count). The van der Waals surface area contributed by atoms with Gasteiger partial charge in [-0.05, 0) is 54.4 Å². The number of imidazole rings is 1. The Morgan fingerprint density at radius 1 is 1.08 bits per heavy atom. The number of aromatic nitrogens is 7.